The number of nitrogens with one attached hydrogen (secondary N) is 2. The first-order chi connectivity index (χ1) is 9.56. The Labute approximate surface area is 126 Å². The Morgan fingerprint density at radius 2 is 2.15 bits per heavy atom. The van der Waals surface area contributed by atoms with Crippen LogP contribution in [-0.4, -0.2) is 24.7 Å². The number of benzene rings is 1. The van der Waals surface area contributed by atoms with Crippen molar-refractivity contribution in [2.75, 3.05) is 18.9 Å². The summed E-state index contributed by atoms with van der Waals surface area (Å²) >= 11 is 1.88. The molecule has 1 unspecified atom stereocenters. The van der Waals surface area contributed by atoms with Gasteiger partial charge in [-0.3, -0.25) is 4.79 Å². The van der Waals surface area contributed by atoms with Gasteiger partial charge in [0.2, 0.25) is 5.91 Å². The molecule has 1 atom stereocenters. The SMILES string of the molecule is CCC(C)Sc1ccc(NC(=O)CCCNC)c(C)c1. The van der Waals surface area contributed by atoms with Crippen LogP contribution in [0.25, 0.3) is 0 Å². The summed E-state index contributed by atoms with van der Waals surface area (Å²) in [6.07, 6.45) is 2.58. The van der Waals surface area contributed by atoms with E-state index in [0.29, 0.717) is 11.7 Å². The van der Waals surface area contributed by atoms with E-state index in [9.17, 15) is 4.79 Å². The second-order valence-corrected chi connectivity index (χ2v) is 6.58. The number of carbonyl (C=O) groups is 1. The summed E-state index contributed by atoms with van der Waals surface area (Å²) in [5.74, 6) is 0.0886. The number of thioether (sulfide) groups is 1. The Morgan fingerprint density at radius 3 is 2.75 bits per heavy atom. The van der Waals surface area contributed by atoms with Gasteiger partial charge in [-0.05, 0) is 57.1 Å². The van der Waals surface area contributed by atoms with E-state index in [0.717, 1.165) is 30.6 Å². The molecular formula is C16H26N2OS. The second kappa shape index (κ2) is 9.03. The van der Waals surface area contributed by atoms with Crippen molar-refractivity contribution >= 4 is 23.4 Å². The van der Waals surface area contributed by atoms with Crippen molar-refractivity contribution in [1.29, 1.82) is 0 Å². The van der Waals surface area contributed by atoms with Crippen molar-refractivity contribution in [3.05, 3.63) is 23.8 Å². The number of carbonyl (C=O) groups excluding carboxylic acids is 1. The lowest BCUT2D eigenvalue weighted by atomic mass is 10.2. The molecule has 4 heteroatoms. The highest BCUT2D eigenvalue weighted by Crippen LogP contribution is 2.28. The lowest BCUT2D eigenvalue weighted by Crippen LogP contribution is -2.15. The van der Waals surface area contributed by atoms with Crippen LogP contribution in [0.2, 0.25) is 0 Å². The maximum Gasteiger partial charge on any atom is 0.224 e. The third-order valence-corrected chi connectivity index (χ3v) is 4.48. The van der Waals surface area contributed by atoms with Crippen molar-refractivity contribution in [1.82, 2.24) is 5.32 Å². The Hall–Kier alpha value is -1.00. The first kappa shape index (κ1) is 17.1. The predicted octanol–water partition coefficient (Wildman–Crippen LogP) is 3.82. The Kier molecular flexibility index (Phi) is 7.70. The van der Waals surface area contributed by atoms with Crippen molar-refractivity contribution in [3.8, 4) is 0 Å². The average Bonchev–Trinajstić information content (AvgIpc) is 2.42. The minimum absolute atomic E-state index is 0.0886. The summed E-state index contributed by atoms with van der Waals surface area (Å²) in [6, 6.07) is 6.25. The van der Waals surface area contributed by atoms with E-state index in [1.165, 1.54) is 4.90 Å². The molecule has 0 saturated heterocycles. The first-order valence-electron chi connectivity index (χ1n) is 7.28. The maximum absolute atomic E-state index is 11.8. The standard InChI is InChI=1S/C16H26N2OS/c1-5-13(3)20-14-8-9-15(12(2)11-14)18-16(19)7-6-10-17-4/h8-9,11,13,17H,5-7,10H2,1-4H3,(H,18,19). The monoisotopic (exact) mass is 294 g/mol. The summed E-state index contributed by atoms with van der Waals surface area (Å²) in [6.45, 7) is 7.35. The summed E-state index contributed by atoms with van der Waals surface area (Å²) < 4.78 is 0. The molecule has 112 valence electrons. The van der Waals surface area contributed by atoms with Crippen LogP contribution in [0.5, 0.6) is 0 Å². The average molecular weight is 294 g/mol. The molecule has 0 aliphatic rings. The molecule has 0 saturated carbocycles. The zero-order valence-corrected chi connectivity index (χ0v) is 13.8. The molecule has 0 fully saturated rings. The number of hydrogen-bond donors (Lipinski definition) is 2. The van der Waals surface area contributed by atoms with Crippen LogP contribution in [0.4, 0.5) is 5.69 Å². The lowest BCUT2D eigenvalue weighted by Gasteiger charge is -2.12. The number of hydrogen-bond acceptors (Lipinski definition) is 3. The summed E-state index contributed by atoms with van der Waals surface area (Å²) in [4.78, 5) is 13.1. The quantitative estimate of drug-likeness (QED) is 0.565. The van der Waals surface area contributed by atoms with Gasteiger partial charge in [-0.25, -0.2) is 0 Å². The number of rotatable bonds is 8. The van der Waals surface area contributed by atoms with Gasteiger partial charge >= 0.3 is 0 Å². The van der Waals surface area contributed by atoms with E-state index in [1.54, 1.807) is 0 Å². The smallest absolute Gasteiger partial charge is 0.224 e. The fraction of sp³-hybridized carbons (Fsp3) is 0.562. The minimum atomic E-state index is 0.0886. The molecule has 0 spiro atoms. The van der Waals surface area contributed by atoms with Crippen molar-refractivity contribution in [3.63, 3.8) is 0 Å². The molecule has 20 heavy (non-hydrogen) atoms. The number of amides is 1. The van der Waals surface area contributed by atoms with Crippen LogP contribution in [0.3, 0.4) is 0 Å². The molecule has 0 aliphatic carbocycles. The van der Waals surface area contributed by atoms with Gasteiger partial charge in [0.25, 0.3) is 0 Å². The van der Waals surface area contributed by atoms with Gasteiger partial charge in [0.05, 0.1) is 0 Å². The third-order valence-electron chi connectivity index (χ3n) is 3.21. The highest BCUT2D eigenvalue weighted by molar-refractivity contribution is 7.99. The van der Waals surface area contributed by atoms with Gasteiger partial charge in [0, 0.05) is 22.3 Å². The molecule has 1 aromatic rings. The Balaban J connectivity index is 2.57. The van der Waals surface area contributed by atoms with E-state index < -0.39 is 0 Å². The molecule has 1 rings (SSSR count). The van der Waals surface area contributed by atoms with Crippen molar-refractivity contribution in [2.24, 2.45) is 0 Å². The summed E-state index contributed by atoms with van der Waals surface area (Å²) in [7, 11) is 1.90. The predicted molar refractivity (Wildman–Crippen MR) is 88.6 cm³/mol. The summed E-state index contributed by atoms with van der Waals surface area (Å²) in [5, 5.41) is 6.66. The Morgan fingerprint density at radius 1 is 1.40 bits per heavy atom. The molecule has 0 aliphatic heterocycles. The van der Waals surface area contributed by atoms with Crippen LogP contribution >= 0.6 is 11.8 Å². The van der Waals surface area contributed by atoms with Gasteiger partial charge in [0.1, 0.15) is 0 Å². The number of anilines is 1. The van der Waals surface area contributed by atoms with Gasteiger partial charge in [-0.1, -0.05) is 13.8 Å². The zero-order valence-electron chi connectivity index (χ0n) is 13.0. The normalized spacial score (nSPS) is 12.2. The zero-order chi connectivity index (χ0) is 15.0. The largest absolute Gasteiger partial charge is 0.326 e. The van der Waals surface area contributed by atoms with Crippen LogP contribution in [0.1, 0.15) is 38.7 Å². The molecule has 0 bridgehead atoms. The molecule has 3 nitrogen and oxygen atoms in total. The third kappa shape index (κ3) is 5.97. The fourth-order valence-electron chi connectivity index (χ4n) is 1.80. The van der Waals surface area contributed by atoms with Crippen LogP contribution < -0.4 is 10.6 Å². The molecule has 1 amide bonds. The summed E-state index contributed by atoms with van der Waals surface area (Å²) in [5.41, 5.74) is 2.05. The first-order valence-corrected chi connectivity index (χ1v) is 8.16. The van der Waals surface area contributed by atoms with E-state index >= 15 is 0 Å². The molecular weight excluding hydrogens is 268 g/mol. The van der Waals surface area contributed by atoms with Crippen LogP contribution in [0.15, 0.2) is 23.1 Å². The minimum Gasteiger partial charge on any atom is -0.326 e. The molecule has 2 N–H and O–H groups in total. The topological polar surface area (TPSA) is 41.1 Å². The van der Waals surface area contributed by atoms with Gasteiger partial charge < -0.3 is 10.6 Å². The van der Waals surface area contributed by atoms with Gasteiger partial charge in [-0.15, -0.1) is 11.8 Å². The highest BCUT2D eigenvalue weighted by Gasteiger charge is 2.07. The fourth-order valence-corrected chi connectivity index (χ4v) is 2.83. The second-order valence-electron chi connectivity index (χ2n) is 5.07. The van der Waals surface area contributed by atoms with Crippen molar-refractivity contribution in [2.45, 2.75) is 50.2 Å². The molecule has 0 radical (unpaired) electrons. The van der Waals surface area contributed by atoms with Gasteiger partial charge in [0.15, 0.2) is 0 Å². The number of aryl methyl sites for hydroxylation is 1. The lowest BCUT2D eigenvalue weighted by molar-refractivity contribution is -0.116. The van der Waals surface area contributed by atoms with Crippen molar-refractivity contribution < 1.29 is 4.79 Å². The van der Waals surface area contributed by atoms with Crippen LogP contribution in [0, 0.1) is 6.92 Å². The van der Waals surface area contributed by atoms with E-state index in [-0.39, 0.29) is 5.91 Å². The molecule has 0 aromatic heterocycles. The Bertz CT molecular complexity index is 434. The molecule has 1 aromatic carbocycles. The van der Waals surface area contributed by atoms with E-state index in [4.69, 9.17) is 0 Å². The van der Waals surface area contributed by atoms with Gasteiger partial charge in [-0.2, -0.15) is 0 Å². The van der Waals surface area contributed by atoms with E-state index in [2.05, 4.69) is 36.6 Å². The van der Waals surface area contributed by atoms with Crippen LogP contribution in [-0.2, 0) is 4.79 Å². The van der Waals surface area contributed by atoms with E-state index in [1.807, 2.05) is 31.8 Å². The molecule has 0 heterocycles. The maximum atomic E-state index is 11.8. The highest BCUT2D eigenvalue weighted by atomic mass is 32.2.